The third-order valence-corrected chi connectivity index (χ3v) is 7.09. The van der Waals surface area contributed by atoms with Gasteiger partial charge in [0.15, 0.2) is 17.4 Å². The largest absolute Gasteiger partial charge is 0.487 e. The third-order valence-electron chi connectivity index (χ3n) is 6.79. The second-order valence-corrected chi connectivity index (χ2v) is 9.78. The van der Waals surface area contributed by atoms with Crippen molar-refractivity contribution in [2.45, 2.75) is 24.9 Å². The van der Waals surface area contributed by atoms with Gasteiger partial charge in [-0.1, -0.05) is 60.1 Å². The van der Waals surface area contributed by atoms with E-state index in [2.05, 4.69) is 20.2 Å². The summed E-state index contributed by atoms with van der Waals surface area (Å²) in [5.41, 5.74) is 1.95. The van der Waals surface area contributed by atoms with Crippen LogP contribution in [0.3, 0.4) is 0 Å². The van der Waals surface area contributed by atoms with Crippen molar-refractivity contribution in [3.8, 4) is 17.1 Å². The van der Waals surface area contributed by atoms with Crippen LogP contribution in [0.4, 0.5) is 8.78 Å². The first-order chi connectivity index (χ1) is 19.0. The van der Waals surface area contributed by atoms with Crippen LogP contribution < -0.4 is 10.1 Å². The lowest BCUT2D eigenvalue weighted by atomic mass is 9.99. The maximum Gasteiger partial charge on any atom is 0.254 e. The topological polar surface area (TPSA) is 67.4 Å². The molecule has 39 heavy (non-hydrogen) atoms. The SMILES string of the molecule is O=C(NC1CCN(C(COc2c(F)cccc2Cl)c2ccccc2)CC1)c1cnc(-c2cccc(F)c2)nc1. The lowest BCUT2D eigenvalue weighted by Crippen LogP contribution is -2.46. The van der Waals surface area contributed by atoms with Crippen LogP contribution in [0.2, 0.25) is 5.02 Å². The molecular weight excluding hydrogens is 522 g/mol. The molecule has 3 aromatic carbocycles. The highest BCUT2D eigenvalue weighted by Gasteiger charge is 2.28. The fourth-order valence-corrected chi connectivity index (χ4v) is 4.93. The van der Waals surface area contributed by atoms with Crippen LogP contribution in [0.15, 0.2) is 85.2 Å². The Bertz CT molecular complexity index is 1390. The zero-order valence-corrected chi connectivity index (χ0v) is 21.8. The molecule has 1 amide bonds. The van der Waals surface area contributed by atoms with Crippen LogP contribution in [0.25, 0.3) is 11.4 Å². The van der Waals surface area contributed by atoms with Gasteiger partial charge >= 0.3 is 0 Å². The molecule has 0 bridgehead atoms. The number of piperidine rings is 1. The molecule has 1 aliphatic rings. The predicted octanol–water partition coefficient (Wildman–Crippen LogP) is 6.09. The third kappa shape index (κ3) is 6.58. The number of para-hydroxylation sites is 1. The van der Waals surface area contributed by atoms with Crippen molar-refractivity contribution in [1.29, 1.82) is 0 Å². The Balaban J connectivity index is 1.20. The lowest BCUT2D eigenvalue weighted by molar-refractivity contribution is 0.0833. The van der Waals surface area contributed by atoms with Crippen LogP contribution in [0.5, 0.6) is 5.75 Å². The number of amides is 1. The molecule has 1 N–H and O–H groups in total. The summed E-state index contributed by atoms with van der Waals surface area (Å²) in [5.74, 6) is -0.723. The molecule has 200 valence electrons. The minimum Gasteiger partial charge on any atom is -0.487 e. The number of hydrogen-bond donors (Lipinski definition) is 1. The lowest BCUT2D eigenvalue weighted by Gasteiger charge is -2.38. The zero-order valence-electron chi connectivity index (χ0n) is 21.1. The number of carbonyl (C=O) groups excluding carboxylic acids is 1. The Morgan fingerprint density at radius 1 is 1.00 bits per heavy atom. The van der Waals surface area contributed by atoms with Gasteiger partial charge in [-0.15, -0.1) is 0 Å². The number of halogens is 3. The van der Waals surface area contributed by atoms with Crippen LogP contribution in [-0.4, -0.2) is 46.5 Å². The molecule has 0 saturated carbocycles. The number of rotatable bonds is 8. The quantitative estimate of drug-likeness (QED) is 0.289. The average Bonchev–Trinajstić information content (AvgIpc) is 2.96. The summed E-state index contributed by atoms with van der Waals surface area (Å²) in [6.07, 6.45) is 4.37. The van der Waals surface area contributed by atoms with Gasteiger partial charge in [-0.3, -0.25) is 9.69 Å². The van der Waals surface area contributed by atoms with Crippen molar-refractivity contribution < 1.29 is 18.3 Å². The van der Waals surface area contributed by atoms with E-state index in [1.807, 2.05) is 30.3 Å². The standard InChI is InChI=1S/C30H27ClF2N4O2/c31-25-10-5-11-26(33)28(25)39-19-27(20-6-2-1-3-7-20)37-14-12-24(13-15-37)36-30(38)22-17-34-29(35-18-22)21-8-4-9-23(32)16-21/h1-11,16-18,24,27H,12-15,19H2,(H,36,38). The number of benzene rings is 3. The number of ether oxygens (including phenoxy) is 1. The Labute approximate surface area is 230 Å². The van der Waals surface area contributed by atoms with Gasteiger partial charge in [0.1, 0.15) is 12.4 Å². The predicted molar refractivity (Wildman–Crippen MR) is 146 cm³/mol. The summed E-state index contributed by atoms with van der Waals surface area (Å²) < 4.78 is 33.7. The first-order valence-corrected chi connectivity index (χ1v) is 13.1. The maximum absolute atomic E-state index is 14.3. The number of carbonyl (C=O) groups is 1. The molecule has 1 fully saturated rings. The van der Waals surface area contributed by atoms with Gasteiger partial charge in [-0.25, -0.2) is 18.7 Å². The normalized spacial score (nSPS) is 15.1. The maximum atomic E-state index is 14.3. The summed E-state index contributed by atoms with van der Waals surface area (Å²) in [7, 11) is 0. The Morgan fingerprint density at radius 2 is 1.72 bits per heavy atom. The molecule has 5 rings (SSSR count). The molecule has 1 aliphatic heterocycles. The van der Waals surface area contributed by atoms with Crippen LogP contribution >= 0.6 is 11.6 Å². The minimum atomic E-state index is -0.497. The van der Waals surface area contributed by atoms with E-state index in [1.54, 1.807) is 24.3 Å². The number of hydrogen-bond acceptors (Lipinski definition) is 5. The van der Waals surface area contributed by atoms with Crippen molar-refractivity contribution in [1.82, 2.24) is 20.2 Å². The molecular formula is C30H27ClF2N4O2. The summed E-state index contributed by atoms with van der Waals surface area (Å²) in [6, 6.07) is 20.3. The zero-order chi connectivity index (χ0) is 27.2. The molecule has 1 saturated heterocycles. The van der Waals surface area contributed by atoms with Crippen molar-refractivity contribution in [2.24, 2.45) is 0 Å². The first-order valence-electron chi connectivity index (χ1n) is 12.7. The van der Waals surface area contributed by atoms with Crippen molar-refractivity contribution in [2.75, 3.05) is 19.7 Å². The highest BCUT2D eigenvalue weighted by molar-refractivity contribution is 6.32. The van der Waals surface area contributed by atoms with Gasteiger partial charge in [0, 0.05) is 37.1 Å². The van der Waals surface area contributed by atoms with Crippen molar-refractivity contribution >= 4 is 17.5 Å². The fourth-order valence-electron chi connectivity index (χ4n) is 4.72. The van der Waals surface area contributed by atoms with E-state index >= 15 is 0 Å². The monoisotopic (exact) mass is 548 g/mol. The highest BCUT2D eigenvalue weighted by atomic mass is 35.5. The second kappa shape index (κ2) is 12.3. The Kier molecular flexibility index (Phi) is 8.44. The van der Waals surface area contributed by atoms with E-state index in [9.17, 15) is 13.6 Å². The minimum absolute atomic E-state index is 0.0185. The molecule has 9 heteroatoms. The summed E-state index contributed by atoms with van der Waals surface area (Å²) in [6.45, 7) is 1.67. The molecule has 1 atom stereocenters. The smallest absolute Gasteiger partial charge is 0.254 e. The molecule has 0 aliphatic carbocycles. The highest BCUT2D eigenvalue weighted by Crippen LogP contribution is 2.31. The second-order valence-electron chi connectivity index (χ2n) is 9.38. The van der Waals surface area contributed by atoms with E-state index < -0.39 is 5.82 Å². The molecule has 0 spiro atoms. The van der Waals surface area contributed by atoms with Crippen molar-refractivity contribution in [3.63, 3.8) is 0 Å². The molecule has 4 aromatic rings. The number of nitrogens with zero attached hydrogens (tertiary/aromatic N) is 3. The van der Waals surface area contributed by atoms with Crippen LogP contribution in [0, 0.1) is 11.6 Å². The number of likely N-dealkylation sites (tertiary alicyclic amines) is 1. The van der Waals surface area contributed by atoms with E-state index in [-0.39, 0.29) is 41.2 Å². The molecule has 1 unspecified atom stereocenters. The Morgan fingerprint density at radius 3 is 2.41 bits per heavy atom. The molecule has 1 aromatic heterocycles. The first kappa shape index (κ1) is 26.7. The Hall–Kier alpha value is -3.88. The van der Waals surface area contributed by atoms with Crippen LogP contribution in [0.1, 0.15) is 34.8 Å². The fraction of sp³-hybridized carbons (Fsp3) is 0.233. The van der Waals surface area contributed by atoms with E-state index in [1.165, 1.54) is 30.6 Å². The van der Waals surface area contributed by atoms with E-state index in [0.717, 1.165) is 18.4 Å². The van der Waals surface area contributed by atoms with E-state index in [0.29, 0.717) is 30.0 Å². The average molecular weight is 549 g/mol. The van der Waals surface area contributed by atoms with Crippen LogP contribution in [-0.2, 0) is 0 Å². The summed E-state index contributed by atoms with van der Waals surface area (Å²) in [5, 5.41) is 3.30. The van der Waals surface area contributed by atoms with Gasteiger partial charge in [0.05, 0.1) is 16.6 Å². The molecule has 6 nitrogen and oxygen atoms in total. The number of nitrogens with one attached hydrogen (secondary N) is 1. The molecule has 2 heterocycles. The van der Waals surface area contributed by atoms with Gasteiger partial charge < -0.3 is 10.1 Å². The van der Waals surface area contributed by atoms with Crippen molar-refractivity contribution in [3.05, 3.63) is 113 Å². The molecule has 0 radical (unpaired) electrons. The number of aromatic nitrogens is 2. The summed E-state index contributed by atoms with van der Waals surface area (Å²) in [4.78, 5) is 23.6. The van der Waals surface area contributed by atoms with Gasteiger partial charge in [0.2, 0.25) is 0 Å². The van der Waals surface area contributed by atoms with Gasteiger partial charge in [-0.05, 0) is 42.7 Å². The van der Waals surface area contributed by atoms with Gasteiger partial charge in [0.25, 0.3) is 5.91 Å². The van der Waals surface area contributed by atoms with E-state index in [4.69, 9.17) is 16.3 Å². The summed E-state index contributed by atoms with van der Waals surface area (Å²) >= 11 is 6.17. The van der Waals surface area contributed by atoms with Gasteiger partial charge in [-0.2, -0.15) is 0 Å².